The molecule has 14 rings (SSSR count). The first-order valence-corrected chi connectivity index (χ1v) is 76.6. The Labute approximate surface area is 893 Å². The van der Waals surface area contributed by atoms with Crippen LogP contribution in [0, 0.1) is 53.2 Å². The molecule has 2 atom stereocenters. The number of aliphatic hydroxyl groups excluding tert-OH is 1. The second-order valence-electron chi connectivity index (χ2n) is 43.8. The summed E-state index contributed by atoms with van der Waals surface area (Å²) in [5.74, 6) is 8.97. The highest BCUT2D eigenvalue weighted by Gasteiger charge is 2.25. The summed E-state index contributed by atoms with van der Waals surface area (Å²) < 4.78 is 17.9. The van der Waals surface area contributed by atoms with E-state index in [1.54, 1.807) is 157 Å². The number of halogens is 1. The summed E-state index contributed by atoms with van der Waals surface area (Å²) in [7, 11) is 9.42. The Bertz CT molecular complexity index is 3430. The highest BCUT2D eigenvalue weighted by atomic mass is 32.2. The molecule has 7 aliphatic rings. The number of rotatable bonds is 22. The summed E-state index contributed by atoms with van der Waals surface area (Å²) in [6, 6.07) is 82.0. The molecule has 2 nitrogen and oxygen atoms in total. The molecule has 13 heteroatoms. The van der Waals surface area contributed by atoms with Crippen molar-refractivity contribution in [1.29, 1.82) is 0 Å². The minimum absolute atomic E-state index is 0.136. The maximum atomic E-state index is 12.7. The highest BCUT2D eigenvalue weighted by molar-refractivity contribution is 7.98. The third-order valence-electron chi connectivity index (χ3n) is 31.7. The van der Waals surface area contributed by atoms with E-state index in [1.807, 2.05) is 62.0 Å². The molecular weight excluding hydrogens is 1850 g/mol. The van der Waals surface area contributed by atoms with Crippen molar-refractivity contribution in [1.82, 2.24) is 0 Å². The first-order valence-electron chi connectivity index (χ1n) is 59.0. The van der Waals surface area contributed by atoms with E-state index in [2.05, 4.69) is 246 Å². The Morgan fingerprint density at radius 2 is 0.619 bits per heavy atom. The highest BCUT2D eigenvalue weighted by Crippen LogP contribution is 2.34. The van der Waals surface area contributed by atoms with E-state index in [4.69, 9.17) is 9.84 Å². The number of hydrogen-bond donors (Lipinski definition) is 1. The van der Waals surface area contributed by atoms with Crippen molar-refractivity contribution in [3.05, 3.63) is 240 Å². The fraction of sp³-hybridized carbons (Fsp3) is 0.667. The van der Waals surface area contributed by atoms with Crippen LogP contribution >= 0.6 is 11.8 Å². The number of ether oxygens (including phenoxy) is 1. The standard InChI is InChI=1S/C12H18.C10H13F.C10H16OSi.C10H16Si.C10H14.C9H12S.7C8H18Si.C7H8O.C2H6/c1-10(2)12(3,4)11-8-6-5-7-9-11;1-3-8(2)9-5-4-6-10(11)7-9;1-11-9-12(2,3)10-7-5-4-6-8-10;1-4-11(2,3)10-8-6-5-7-9-10;1-2-3-7-10-8-5-4-6-9-10;1-8(10-2)9-6-4-3-5-7-9;7*9-7-8-5-3-1-2-4-6-8;8-6-7-4-2-1-3-5-7;1-2/h5-10H,1-4H3;4-8H,3H2,1-2H3;4-8H,9H2,1-3H3;5-9H,4H2,1-3H3;4-6,8-9H,2-3,7H2,1H3;3-8H,1-2H3;7*8H,1-7H2,9H3;1-5,8H,6H2;1-2H3. The van der Waals surface area contributed by atoms with Gasteiger partial charge in [0.25, 0.3) is 0 Å². The molecule has 0 heterocycles. The van der Waals surface area contributed by atoms with E-state index < -0.39 is 16.1 Å². The maximum absolute atomic E-state index is 12.7. The van der Waals surface area contributed by atoms with Gasteiger partial charge < -0.3 is 9.84 Å². The van der Waals surface area contributed by atoms with E-state index in [9.17, 15) is 4.39 Å². The molecular formula is C126H229FO2SSi9. The molecule has 7 aromatic carbocycles. The molecule has 7 aromatic rings. The zero-order valence-corrected chi connectivity index (χ0v) is 113. The molecule has 2 unspecified atom stereocenters. The molecule has 0 aliphatic heterocycles. The van der Waals surface area contributed by atoms with E-state index in [0.717, 1.165) is 65.2 Å². The normalized spacial score (nSPS) is 17.1. The van der Waals surface area contributed by atoms with Gasteiger partial charge in [0.05, 0.1) is 14.7 Å². The molecule has 0 saturated heterocycles. The molecule has 0 bridgehead atoms. The van der Waals surface area contributed by atoms with Gasteiger partial charge in [0.2, 0.25) is 0 Å². The Morgan fingerprint density at radius 3 is 0.849 bits per heavy atom. The van der Waals surface area contributed by atoms with Crippen LogP contribution in [-0.2, 0) is 23.2 Å². The van der Waals surface area contributed by atoms with Crippen molar-refractivity contribution >= 4 is 110 Å². The first-order chi connectivity index (χ1) is 67.3. The van der Waals surface area contributed by atoms with Gasteiger partial charge >= 0.3 is 0 Å². The van der Waals surface area contributed by atoms with Crippen molar-refractivity contribution < 1.29 is 14.2 Å². The average molecular weight is 2080 g/mol. The molecule has 1 N–H and O–H groups in total. The van der Waals surface area contributed by atoms with Crippen molar-refractivity contribution in [2.45, 2.75) is 469 Å². The van der Waals surface area contributed by atoms with E-state index >= 15 is 0 Å². The number of unbranched alkanes of at least 4 members (excludes halogenated alkanes) is 1. The van der Waals surface area contributed by atoms with E-state index in [-0.39, 0.29) is 12.4 Å². The molecule has 139 heavy (non-hydrogen) atoms. The van der Waals surface area contributed by atoms with E-state index in [0.29, 0.717) is 22.5 Å². The second-order valence-corrected chi connectivity index (χ2v) is 60.4. The van der Waals surface area contributed by atoms with Gasteiger partial charge in [-0.1, -0.05) is 624 Å². The minimum Gasteiger partial charge on any atom is -0.392 e. The van der Waals surface area contributed by atoms with Gasteiger partial charge in [0.1, 0.15) is 13.9 Å². The number of hydrogen-bond acceptors (Lipinski definition) is 3. The molecule has 794 valence electrons. The fourth-order valence-electron chi connectivity index (χ4n) is 19.6. The molecule has 7 saturated carbocycles. The smallest absolute Gasteiger partial charge is 0.123 e. The molecule has 7 aliphatic carbocycles. The predicted octanol–water partition coefficient (Wildman–Crippen LogP) is 31.9. The maximum Gasteiger partial charge on any atom is 0.123 e. The van der Waals surface area contributed by atoms with Crippen molar-refractivity contribution in [3.63, 3.8) is 0 Å². The molecule has 0 radical (unpaired) electrons. The number of aliphatic hydroxyl groups is 1. The van der Waals surface area contributed by atoms with Crippen LogP contribution in [0.25, 0.3) is 0 Å². The molecule has 0 aromatic heterocycles. The number of aryl methyl sites for hydroxylation is 1. The molecule has 0 amide bonds. The van der Waals surface area contributed by atoms with E-state index in [1.165, 1.54) is 305 Å². The van der Waals surface area contributed by atoms with Crippen LogP contribution in [0.5, 0.6) is 0 Å². The monoisotopic (exact) mass is 2080 g/mol. The van der Waals surface area contributed by atoms with Crippen LogP contribution in [-0.4, -0.2) is 113 Å². The van der Waals surface area contributed by atoms with Crippen LogP contribution in [0.1, 0.15) is 404 Å². The van der Waals surface area contributed by atoms with Crippen LogP contribution in [0.15, 0.2) is 206 Å². The lowest BCUT2D eigenvalue weighted by molar-refractivity contribution is 0.247. The topological polar surface area (TPSA) is 29.5 Å². The van der Waals surface area contributed by atoms with Gasteiger partial charge in [-0.3, -0.25) is 0 Å². The fourth-order valence-corrected chi connectivity index (χ4v) is 29.2. The Hall–Kier alpha value is -3.31. The number of methoxy groups -OCH3 is 1. The Morgan fingerprint density at radius 1 is 0.360 bits per heavy atom. The lowest BCUT2D eigenvalue weighted by Gasteiger charge is -2.29. The summed E-state index contributed by atoms with van der Waals surface area (Å²) in [4.78, 5) is 0. The summed E-state index contributed by atoms with van der Waals surface area (Å²) in [6.07, 6.45) is 72.0. The molecule has 0 spiro atoms. The summed E-state index contributed by atoms with van der Waals surface area (Å²) in [6.45, 7) is 33.7. The number of thioether (sulfide) groups is 1. The van der Waals surface area contributed by atoms with Gasteiger partial charge in [0.15, 0.2) is 0 Å². The largest absolute Gasteiger partial charge is 0.392 e. The van der Waals surface area contributed by atoms with Gasteiger partial charge in [-0.2, -0.15) is 11.8 Å². The quantitative estimate of drug-likeness (QED) is 0.0542. The average Bonchev–Trinajstić information content (AvgIpc) is 0.963. The van der Waals surface area contributed by atoms with Gasteiger partial charge in [-0.05, 0) is 131 Å². The Balaban J connectivity index is 0.00000148. The van der Waals surface area contributed by atoms with Crippen molar-refractivity contribution in [3.8, 4) is 0 Å². The summed E-state index contributed by atoms with van der Waals surface area (Å²) >= 11 is 1.88. The lowest BCUT2D eigenvalue weighted by atomic mass is 9.75. The summed E-state index contributed by atoms with van der Waals surface area (Å²) in [5.41, 5.74) is 6.65. The summed E-state index contributed by atoms with van der Waals surface area (Å²) in [5, 5.41) is 12.2. The zero-order chi connectivity index (χ0) is 103. The van der Waals surface area contributed by atoms with Gasteiger partial charge in [-0.15, -0.1) is 0 Å². The van der Waals surface area contributed by atoms with Crippen LogP contribution < -0.4 is 10.4 Å². The second kappa shape index (κ2) is 93.2. The zero-order valence-electron chi connectivity index (χ0n) is 96.1. The SMILES string of the molecule is CC.CC(C)C(C)(C)c1ccccc1.CCC(C)c1cccc(F)c1.CCCCc1ccccc1.CC[Si](C)(C)c1ccccc1.COC[Si](C)(C)c1ccccc1.CSC(C)c1ccccc1.OCc1ccccc1.[SiH3]CC1CCCCCC1.[SiH3]CC1CCCCCC1.[SiH3]CC1CCCCCC1.[SiH3]CC1CCCCCC1.[SiH3]CC1CCCCCC1.[SiH3]CC1CCCCCC1.[SiH3]CC1CCCCCC1. The third-order valence-corrected chi connectivity index (χ3v) is 47.3. The molecule has 7 fully saturated rings. The first kappa shape index (κ1) is 136. The van der Waals surface area contributed by atoms with Crippen molar-refractivity contribution in [2.24, 2.45) is 47.3 Å². The third kappa shape index (κ3) is 72.6. The minimum atomic E-state index is -1.30. The predicted molar refractivity (Wildman–Crippen MR) is 668 cm³/mol. The van der Waals surface area contributed by atoms with Gasteiger partial charge in [-0.25, -0.2) is 4.39 Å². The van der Waals surface area contributed by atoms with Gasteiger partial charge in [0, 0.05) is 90.3 Å². The van der Waals surface area contributed by atoms with Crippen LogP contribution in [0.3, 0.4) is 0 Å². The Kier molecular flexibility index (Phi) is 91.0. The van der Waals surface area contributed by atoms with Crippen LogP contribution in [0.2, 0.25) is 74.5 Å². The van der Waals surface area contributed by atoms with Crippen LogP contribution in [0.4, 0.5) is 4.39 Å². The lowest BCUT2D eigenvalue weighted by Crippen LogP contribution is -2.45. The van der Waals surface area contributed by atoms with Crippen molar-refractivity contribution in [2.75, 3.05) is 19.6 Å². The number of benzene rings is 7.